The number of rotatable bonds is 4. The third-order valence-corrected chi connectivity index (χ3v) is 4.06. The molecule has 0 saturated heterocycles. The molecule has 0 fully saturated rings. The van der Waals surface area contributed by atoms with Gasteiger partial charge in [0.05, 0.1) is 4.91 Å². The Labute approximate surface area is 110 Å². The predicted octanol–water partition coefficient (Wildman–Crippen LogP) is 3.55. The third kappa shape index (κ3) is 5.73. The van der Waals surface area contributed by atoms with Gasteiger partial charge in [-0.25, -0.2) is 0 Å². The molecule has 1 rings (SSSR count). The maximum absolute atomic E-state index is 9.58. The average Bonchev–Trinajstić information content (AvgIpc) is 2.32. The molecule has 0 atom stereocenters. The van der Waals surface area contributed by atoms with Crippen LogP contribution in [0, 0.1) is 11.8 Å². The fraction of sp³-hybridized carbons (Fsp3) is 0.231. The molecule has 0 aromatic rings. The molecule has 1 heterocycles. The molecule has 4 heteroatoms. The van der Waals surface area contributed by atoms with Gasteiger partial charge in [0.2, 0.25) is 0 Å². The van der Waals surface area contributed by atoms with E-state index in [0.29, 0.717) is 6.42 Å². The maximum Gasteiger partial charge on any atom is 0.116 e. The Kier molecular flexibility index (Phi) is 6.71. The van der Waals surface area contributed by atoms with Crippen LogP contribution >= 0.6 is 21.6 Å². The van der Waals surface area contributed by atoms with Crippen molar-refractivity contribution >= 4 is 21.6 Å². The Morgan fingerprint density at radius 3 is 2.82 bits per heavy atom. The lowest BCUT2D eigenvalue weighted by Crippen LogP contribution is -1.82. The van der Waals surface area contributed by atoms with Crippen molar-refractivity contribution < 1.29 is 10.2 Å². The summed E-state index contributed by atoms with van der Waals surface area (Å²) in [4.78, 5) is 1.99. The molecule has 17 heavy (non-hydrogen) atoms. The average molecular weight is 266 g/mol. The summed E-state index contributed by atoms with van der Waals surface area (Å²) in [6.07, 6.45) is 9.43. The minimum atomic E-state index is 0.0961. The van der Waals surface area contributed by atoms with Crippen molar-refractivity contribution in [3.05, 3.63) is 45.9 Å². The van der Waals surface area contributed by atoms with E-state index in [1.165, 1.54) is 0 Å². The summed E-state index contributed by atoms with van der Waals surface area (Å²) in [6.45, 7) is 1.90. The molecule has 0 amide bonds. The first-order valence-corrected chi connectivity index (χ1v) is 7.28. The van der Waals surface area contributed by atoms with Crippen molar-refractivity contribution in [1.82, 2.24) is 0 Å². The normalized spacial score (nSPS) is 16.2. The smallest absolute Gasteiger partial charge is 0.116 e. The van der Waals surface area contributed by atoms with E-state index in [0.717, 1.165) is 9.81 Å². The zero-order valence-electron chi connectivity index (χ0n) is 9.51. The number of hydrogen-bond donors (Lipinski definition) is 2. The van der Waals surface area contributed by atoms with Crippen LogP contribution in [0.4, 0.5) is 0 Å². The molecule has 0 unspecified atom stereocenters. The lowest BCUT2D eigenvalue weighted by atomic mass is 10.3. The molecule has 2 nitrogen and oxygen atoms in total. The fourth-order valence-electron chi connectivity index (χ4n) is 1.04. The summed E-state index contributed by atoms with van der Waals surface area (Å²) in [7, 11) is 3.15. The van der Waals surface area contributed by atoms with Gasteiger partial charge in [0, 0.05) is 11.5 Å². The quantitative estimate of drug-likeness (QED) is 0.353. The van der Waals surface area contributed by atoms with Crippen LogP contribution in [0.2, 0.25) is 0 Å². The van der Waals surface area contributed by atoms with E-state index in [4.69, 9.17) is 5.11 Å². The third-order valence-electron chi connectivity index (χ3n) is 1.75. The number of aliphatic hydroxyl groups excluding tert-OH is 2. The van der Waals surface area contributed by atoms with Crippen LogP contribution in [0.1, 0.15) is 13.3 Å². The first-order valence-electron chi connectivity index (χ1n) is 5.13. The van der Waals surface area contributed by atoms with Gasteiger partial charge in [-0.3, -0.25) is 0 Å². The van der Waals surface area contributed by atoms with Crippen molar-refractivity contribution in [2.75, 3.05) is 6.61 Å². The molecular weight excluding hydrogens is 252 g/mol. The van der Waals surface area contributed by atoms with E-state index < -0.39 is 0 Å². The van der Waals surface area contributed by atoms with E-state index in [1.807, 2.05) is 19.1 Å². The molecule has 1 aliphatic heterocycles. The van der Waals surface area contributed by atoms with Crippen LogP contribution in [0.5, 0.6) is 0 Å². The minimum Gasteiger partial charge on any atom is -0.508 e. The number of allylic oxidation sites excluding steroid dienone is 5. The van der Waals surface area contributed by atoms with Gasteiger partial charge in [0.25, 0.3) is 0 Å². The zero-order valence-corrected chi connectivity index (χ0v) is 11.1. The van der Waals surface area contributed by atoms with E-state index in [9.17, 15) is 5.11 Å². The molecule has 2 N–H and O–H groups in total. The van der Waals surface area contributed by atoms with Crippen LogP contribution in [-0.4, -0.2) is 16.8 Å². The molecular formula is C13H14O2S2. The monoisotopic (exact) mass is 266 g/mol. The van der Waals surface area contributed by atoms with Gasteiger partial charge in [0.1, 0.15) is 5.76 Å². The van der Waals surface area contributed by atoms with Gasteiger partial charge in [-0.1, -0.05) is 22.8 Å². The van der Waals surface area contributed by atoms with E-state index >= 15 is 0 Å². The van der Waals surface area contributed by atoms with Crippen LogP contribution in [-0.2, 0) is 0 Å². The zero-order chi connectivity index (χ0) is 12.5. The van der Waals surface area contributed by atoms with Crippen LogP contribution in [0.15, 0.2) is 45.9 Å². The topological polar surface area (TPSA) is 40.5 Å². The van der Waals surface area contributed by atoms with Gasteiger partial charge < -0.3 is 10.2 Å². The van der Waals surface area contributed by atoms with Crippen LogP contribution in [0.25, 0.3) is 0 Å². The molecule has 1 aliphatic rings. The highest BCUT2D eigenvalue weighted by Gasteiger charge is 2.04. The molecule has 90 valence electrons. The Hall–Kier alpha value is -1.02. The molecule has 0 saturated carbocycles. The second-order valence-electron chi connectivity index (χ2n) is 3.13. The number of aliphatic hydroxyl groups is 2. The first kappa shape index (κ1) is 14.0. The summed E-state index contributed by atoms with van der Waals surface area (Å²) in [5, 5.41) is 18.2. The molecule has 0 spiro atoms. The fourth-order valence-corrected chi connectivity index (χ4v) is 2.94. The highest BCUT2D eigenvalue weighted by molar-refractivity contribution is 8.79. The van der Waals surface area contributed by atoms with Gasteiger partial charge in [-0.2, -0.15) is 0 Å². The SMILES string of the molecule is CC#CC1=CC=C(/C=C(O)/C=C/CCO)SS1. The summed E-state index contributed by atoms with van der Waals surface area (Å²) >= 11 is 0. The van der Waals surface area contributed by atoms with Gasteiger partial charge >= 0.3 is 0 Å². The van der Waals surface area contributed by atoms with Crippen molar-refractivity contribution in [3.8, 4) is 11.8 Å². The Morgan fingerprint density at radius 1 is 1.41 bits per heavy atom. The number of hydrogen-bond acceptors (Lipinski definition) is 4. The molecule has 0 radical (unpaired) electrons. The Balaban J connectivity index is 2.63. The van der Waals surface area contributed by atoms with Crippen molar-refractivity contribution in [3.63, 3.8) is 0 Å². The molecule has 0 aromatic heterocycles. The van der Waals surface area contributed by atoms with E-state index in [1.54, 1.807) is 39.8 Å². The van der Waals surface area contributed by atoms with Gasteiger partial charge in [-0.05, 0) is 48.4 Å². The largest absolute Gasteiger partial charge is 0.508 e. The van der Waals surface area contributed by atoms with Crippen LogP contribution in [0.3, 0.4) is 0 Å². The summed E-state index contributed by atoms with van der Waals surface area (Å²) in [5.74, 6) is 6.02. The Bertz CT molecular complexity index is 434. The Morgan fingerprint density at radius 2 is 2.24 bits per heavy atom. The second-order valence-corrected chi connectivity index (χ2v) is 5.37. The van der Waals surface area contributed by atoms with Crippen molar-refractivity contribution in [2.45, 2.75) is 13.3 Å². The molecule has 0 bridgehead atoms. The van der Waals surface area contributed by atoms with Crippen molar-refractivity contribution in [1.29, 1.82) is 0 Å². The summed E-state index contributed by atoms with van der Waals surface area (Å²) in [6, 6.07) is 0. The van der Waals surface area contributed by atoms with Gasteiger partial charge in [0.15, 0.2) is 0 Å². The molecule has 0 aromatic carbocycles. The van der Waals surface area contributed by atoms with Crippen LogP contribution < -0.4 is 0 Å². The maximum atomic E-state index is 9.58. The summed E-state index contributed by atoms with van der Waals surface area (Å²) in [5.41, 5.74) is 0. The summed E-state index contributed by atoms with van der Waals surface area (Å²) < 4.78 is 0. The standard InChI is InChI=1S/C13H14O2S2/c1-2-5-12-7-8-13(17-16-12)10-11(15)6-3-4-9-14/h3,6-8,10,14-15H,4,9H2,1H3/b6-3+,11-10-. The van der Waals surface area contributed by atoms with E-state index in [-0.39, 0.29) is 12.4 Å². The first-order chi connectivity index (χ1) is 8.26. The van der Waals surface area contributed by atoms with Gasteiger partial charge in [-0.15, -0.1) is 5.92 Å². The highest BCUT2D eigenvalue weighted by atomic mass is 33.1. The molecule has 0 aliphatic carbocycles. The minimum absolute atomic E-state index is 0.0961. The predicted molar refractivity (Wildman–Crippen MR) is 76.4 cm³/mol. The van der Waals surface area contributed by atoms with Crippen molar-refractivity contribution in [2.24, 2.45) is 0 Å². The van der Waals surface area contributed by atoms with E-state index in [2.05, 4.69) is 11.8 Å². The highest BCUT2D eigenvalue weighted by Crippen LogP contribution is 2.40. The second kappa shape index (κ2) is 8.13. The lowest BCUT2D eigenvalue weighted by Gasteiger charge is -2.06. The lowest BCUT2D eigenvalue weighted by molar-refractivity contribution is 0.302.